The molecule has 0 aliphatic rings. The minimum atomic E-state index is -1.59. The maximum absolute atomic E-state index is 11.6. The zero-order chi connectivity index (χ0) is 21.4. The van der Waals surface area contributed by atoms with Gasteiger partial charge in [0.2, 0.25) is 5.13 Å². The molecule has 29 heavy (non-hydrogen) atoms. The second-order valence-corrected chi connectivity index (χ2v) is 8.25. The van der Waals surface area contributed by atoms with Crippen LogP contribution in [0, 0.1) is 0 Å². The normalized spacial score (nSPS) is 10.6. The molecule has 0 aliphatic heterocycles. The van der Waals surface area contributed by atoms with E-state index >= 15 is 0 Å². The third-order valence-corrected chi connectivity index (χ3v) is 5.77. The predicted octanol–water partition coefficient (Wildman–Crippen LogP) is 2.98. The Bertz CT molecular complexity index is 900. The number of hydrogen-bond acceptors (Lipinski definition) is 9. The zero-order valence-electron chi connectivity index (χ0n) is 15.9. The molecule has 0 spiro atoms. The summed E-state index contributed by atoms with van der Waals surface area (Å²) < 4.78 is 6.39. The Hall–Kier alpha value is -2.66. The van der Waals surface area contributed by atoms with Crippen molar-refractivity contribution in [3.8, 4) is 11.5 Å². The second kappa shape index (κ2) is 10.8. The van der Waals surface area contributed by atoms with Gasteiger partial charge in [0.15, 0.2) is 10.1 Å². The number of aliphatic carboxylic acids is 1. The van der Waals surface area contributed by atoms with Crippen LogP contribution in [-0.4, -0.2) is 50.4 Å². The molecule has 0 unspecified atom stereocenters. The number of Topliss-reactive ketones (excluding diaryl/α,β-unsaturated/α-hetero) is 1. The van der Waals surface area contributed by atoms with Gasteiger partial charge in [-0.2, -0.15) is 0 Å². The van der Waals surface area contributed by atoms with Gasteiger partial charge in [0.1, 0.15) is 11.5 Å². The summed E-state index contributed by atoms with van der Waals surface area (Å²) in [5.74, 6) is -1.73. The lowest BCUT2D eigenvalue weighted by Gasteiger charge is -2.14. The van der Waals surface area contributed by atoms with Crippen LogP contribution >= 0.6 is 23.1 Å². The highest BCUT2D eigenvalue weighted by atomic mass is 32.2. The Kier molecular flexibility index (Phi) is 8.40. The van der Waals surface area contributed by atoms with Crippen LogP contribution in [0.4, 0.5) is 5.13 Å². The topological polar surface area (TPSA) is 139 Å². The van der Waals surface area contributed by atoms with E-state index in [1.807, 2.05) is 6.92 Å². The quantitative estimate of drug-likeness (QED) is 0.168. The molecule has 0 radical (unpaired) electrons. The molecular weight excluding hydrogens is 418 g/mol. The molecule has 0 fully saturated rings. The predicted molar refractivity (Wildman–Crippen MR) is 109 cm³/mol. The van der Waals surface area contributed by atoms with Crippen LogP contribution in [0.25, 0.3) is 0 Å². The fourth-order valence-electron chi connectivity index (χ4n) is 2.40. The number of phenolic OH excluding ortho intramolecular Hbond substituents is 1. The summed E-state index contributed by atoms with van der Waals surface area (Å²) in [7, 11) is 0. The van der Waals surface area contributed by atoms with E-state index in [1.54, 1.807) is 12.1 Å². The number of amides is 1. The van der Waals surface area contributed by atoms with Gasteiger partial charge in [0, 0.05) is 11.3 Å². The summed E-state index contributed by atoms with van der Waals surface area (Å²) in [4.78, 5) is 33.2. The number of rotatable bonds is 10. The lowest BCUT2D eigenvalue weighted by Crippen LogP contribution is -2.21. The number of nitrogens with one attached hydrogen (secondary N) is 1. The van der Waals surface area contributed by atoms with Crippen LogP contribution in [0.5, 0.6) is 11.5 Å². The first-order chi connectivity index (χ1) is 13.8. The van der Waals surface area contributed by atoms with E-state index in [4.69, 9.17) is 9.84 Å². The number of nitrogens with zero attached hydrogens (tertiary/aromatic N) is 2. The average Bonchev–Trinajstić information content (AvgIpc) is 3.10. The van der Waals surface area contributed by atoms with Crippen LogP contribution in [0.15, 0.2) is 16.5 Å². The molecule has 11 heteroatoms. The van der Waals surface area contributed by atoms with E-state index in [2.05, 4.69) is 15.5 Å². The SMILES string of the molecule is CCCc1c(OCCCSc2nnc(NC(=O)C(=O)O)s2)ccc(C(C)=O)c1O. The van der Waals surface area contributed by atoms with E-state index in [0.717, 1.165) is 17.8 Å². The summed E-state index contributed by atoms with van der Waals surface area (Å²) in [6.45, 7) is 3.80. The van der Waals surface area contributed by atoms with Gasteiger partial charge in [-0.05, 0) is 31.9 Å². The monoisotopic (exact) mass is 439 g/mol. The third-order valence-electron chi connectivity index (χ3n) is 3.71. The smallest absolute Gasteiger partial charge is 0.394 e. The van der Waals surface area contributed by atoms with Crippen LogP contribution in [0.2, 0.25) is 0 Å². The maximum atomic E-state index is 11.6. The Labute approximate surface area is 175 Å². The average molecular weight is 440 g/mol. The lowest BCUT2D eigenvalue weighted by molar-refractivity contribution is -0.147. The summed E-state index contributed by atoms with van der Waals surface area (Å²) in [6, 6.07) is 3.27. The minimum absolute atomic E-state index is 0.0176. The Balaban J connectivity index is 1.84. The summed E-state index contributed by atoms with van der Waals surface area (Å²) >= 11 is 2.50. The fraction of sp³-hybridized carbons (Fsp3) is 0.389. The zero-order valence-corrected chi connectivity index (χ0v) is 17.6. The number of anilines is 1. The van der Waals surface area contributed by atoms with Gasteiger partial charge < -0.3 is 14.9 Å². The number of ether oxygens (including phenoxy) is 1. The first kappa shape index (κ1) is 22.6. The number of carbonyl (C=O) groups excluding carboxylic acids is 2. The van der Waals surface area contributed by atoms with Crippen molar-refractivity contribution in [1.82, 2.24) is 10.2 Å². The third kappa shape index (κ3) is 6.43. The molecule has 0 atom stereocenters. The number of aromatic hydroxyl groups is 1. The van der Waals surface area contributed by atoms with Crippen LogP contribution in [-0.2, 0) is 16.0 Å². The summed E-state index contributed by atoms with van der Waals surface area (Å²) in [5, 5.41) is 28.7. The first-order valence-corrected chi connectivity index (χ1v) is 10.6. The van der Waals surface area contributed by atoms with Gasteiger partial charge >= 0.3 is 11.9 Å². The van der Waals surface area contributed by atoms with Crippen LogP contribution < -0.4 is 10.1 Å². The second-order valence-electron chi connectivity index (χ2n) is 5.93. The molecule has 1 aromatic heterocycles. The maximum Gasteiger partial charge on any atom is 0.394 e. The molecule has 0 saturated heterocycles. The molecular formula is C18H21N3O6S2. The van der Waals surface area contributed by atoms with Crippen molar-refractivity contribution in [2.45, 2.75) is 37.4 Å². The largest absolute Gasteiger partial charge is 0.507 e. The molecule has 2 rings (SSSR count). The molecule has 156 valence electrons. The van der Waals surface area contributed by atoms with Gasteiger partial charge in [0.25, 0.3) is 0 Å². The number of thioether (sulfide) groups is 1. The number of carboxylic acid groups (broad SMARTS) is 1. The van der Waals surface area contributed by atoms with Gasteiger partial charge in [-0.15, -0.1) is 10.2 Å². The number of hydrogen-bond donors (Lipinski definition) is 3. The van der Waals surface area contributed by atoms with Crippen LogP contribution in [0.3, 0.4) is 0 Å². The van der Waals surface area contributed by atoms with E-state index in [-0.39, 0.29) is 16.7 Å². The van der Waals surface area contributed by atoms with E-state index in [1.165, 1.54) is 18.7 Å². The van der Waals surface area contributed by atoms with Crippen molar-refractivity contribution < 1.29 is 29.3 Å². The number of carboxylic acids is 1. The number of ketones is 1. The van der Waals surface area contributed by atoms with Gasteiger partial charge in [-0.3, -0.25) is 14.9 Å². The van der Waals surface area contributed by atoms with Crippen molar-refractivity contribution in [3.05, 3.63) is 23.3 Å². The fourth-order valence-corrected chi connectivity index (χ4v) is 4.13. The van der Waals surface area contributed by atoms with Crippen molar-refractivity contribution in [3.63, 3.8) is 0 Å². The highest BCUT2D eigenvalue weighted by Gasteiger charge is 2.16. The van der Waals surface area contributed by atoms with Crippen molar-refractivity contribution >= 4 is 45.9 Å². The number of carbonyl (C=O) groups is 3. The van der Waals surface area contributed by atoms with Crippen molar-refractivity contribution in [2.24, 2.45) is 0 Å². The van der Waals surface area contributed by atoms with E-state index < -0.39 is 11.9 Å². The molecule has 2 aromatic rings. The molecule has 0 bridgehead atoms. The molecule has 3 N–H and O–H groups in total. The molecule has 1 aromatic carbocycles. The standard InChI is InChI=1S/C18H21N3O6S2/c1-3-5-12-13(7-6-11(10(2)22)14(12)23)27-8-4-9-28-18-21-20-17(29-18)19-15(24)16(25)26/h6-7,23H,3-5,8-9H2,1-2H3,(H,25,26)(H,19,20,24). The molecule has 1 amide bonds. The Morgan fingerprint density at radius 2 is 2.03 bits per heavy atom. The summed E-state index contributed by atoms with van der Waals surface area (Å²) in [5.41, 5.74) is 0.925. The van der Waals surface area contributed by atoms with Gasteiger partial charge in [-0.25, -0.2) is 4.79 Å². The van der Waals surface area contributed by atoms with E-state index in [9.17, 15) is 19.5 Å². The highest BCUT2D eigenvalue weighted by molar-refractivity contribution is 8.01. The van der Waals surface area contributed by atoms with Gasteiger partial charge in [0.05, 0.1) is 12.2 Å². The Morgan fingerprint density at radius 1 is 1.28 bits per heavy atom. The molecule has 1 heterocycles. The van der Waals surface area contributed by atoms with Crippen molar-refractivity contribution in [2.75, 3.05) is 17.7 Å². The van der Waals surface area contributed by atoms with Crippen LogP contribution in [0.1, 0.15) is 42.6 Å². The number of benzene rings is 1. The number of aromatic nitrogens is 2. The minimum Gasteiger partial charge on any atom is -0.507 e. The molecule has 0 saturated carbocycles. The van der Waals surface area contributed by atoms with E-state index in [0.29, 0.717) is 46.4 Å². The molecule has 9 nitrogen and oxygen atoms in total. The summed E-state index contributed by atoms with van der Waals surface area (Å²) in [6.07, 6.45) is 2.09. The molecule has 0 aliphatic carbocycles. The van der Waals surface area contributed by atoms with Crippen molar-refractivity contribution in [1.29, 1.82) is 0 Å². The lowest BCUT2D eigenvalue weighted by atomic mass is 10.0. The van der Waals surface area contributed by atoms with Gasteiger partial charge in [-0.1, -0.05) is 36.4 Å². The Morgan fingerprint density at radius 3 is 2.69 bits per heavy atom. The highest BCUT2D eigenvalue weighted by Crippen LogP contribution is 2.33. The first-order valence-electron chi connectivity index (χ1n) is 8.82. The number of phenols is 1.